The van der Waals surface area contributed by atoms with Gasteiger partial charge in [0.2, 0.25) is 5.82 Å². The molecule has 0 aliphatic heterocycles. The van der Waals surface area contributed by atoms with E-state index in [1.165, 1.54) is 0 Å². The third-order valence-electron chi connectivity index (χ3n) is 3.87. The fraction of sp³-hybridized carbons (Fsp3) is 0.190. The zero-order valence-electron chi connectivity index (χ0n) is 14.9. The Morgan fingerprint density at radius 3 is 2.54 bits per heavy atom. The second kappa shape index (κ2) is 6.26. The first-order valence-electron chi connectivity index (χ1n) is 8.46. The number of aromatic nitrogens is 3. The Kier molecular flexibility index (Phi) is 3.92. The lowest BCUT2D eigenvalue weighted by Gasteiger charge is -2.21. The highest BCUT2D eigenvalue weighted by Crippen LogP contribution is 2.29. The molecule has 0 aliphatic carbocycles. The van der Waals surface area contributed by atoms with Crippen LogP contribution < -0.4 is 4.74 Å². The Hall–Kier alpha value is -3.21. The number of benzene rings is 2. The van der Waals surface area contributed by atoms with Gasteiger partial charge in [0.05, 0.1) is 0 Å². The molecule has 0 atom stereocenters. The van der Waals surface area contributed by atoms with Gasteiger partial charge in [-0.25, -0.2) is 0 Å². The zero-order valence-corrected chi connectivity index (χ0v) is 14.9. The summed E-state index contributed by atoms with van der Waals surface area (Å²) >= 11 is 0. The molecule has 2 aromatic carbocycles. The lowest BCUT2D eigenvalue weighted by atomic mass is 10.1. The van der Waals surface area contributed by atoms with Crippen molar-refractivity contribution < 1.29 is 9.26 Å². The number of hydrogen-bond acceptors (Lipinski definition) is 5. The van der Waals surface area contributed by atoms with Crippen molar-refractivity contribution in [2.24, 2.45) is 0 Å². The van der Waals surface area contributed by atoms with Crippen molar-refractivity contribution in [3.8, 4) is 28.6 Å². The predicted octanol–water partition coefficient (Wildman–Crippen LogP) is 5.13. The molecule has 0 spiro atoms. The largest absolute Gasteiger partial charge is 0.488 e. The van der Waals surface area contributed by atoms with Gasteiger partial charge in [0.1, 0.15) is 11.4 Å². The molecule has 0 unspecified atom stereocenters. The first kappa shape index (κ1) is 16.3. The summed E-state index contributed by atoms with van der Waals surface area (Å²) in [6.07, 6.45) is 3.59. The molecule has 0 N–H and O–H groups in total. The van der Waals surface area contributed by atoms with E-state index < -0.39 is 0 Å². The molecule has 0 fully saturated rings. The summed E-state index contributed by atoms with van der Waals surface area (Å²) in [5.41, 5.74) is 1.54. The summed E-state index contributed by atoms with van der Waals surface area (Å²) < 4.78 is 11.3. The van der Waals surface area contributed by atoms with Crippen LogP contribution in [-0.4, -0.2) is 20.7 Å². The van der Waals surface area contributed by atoms with Gasteiger partial charge in [-0.15, -0.1) is 0 Å². The van der Waals surface area contributed by atoms with Crippen LogP contribution in [0.15, 0.2) is 65.4 Å². The van der Waals surface area contributed by atoms with Gasteiger partial charge >= 0.3 is 0 Å². The Balaban J connectivity index is 1.66. The van der Waals surface area contributed by atoms with Gasteiger partial charge < -0.3 is 9.26 Å². The SMILES string of the molecule is CC(C)(C)Oc1ccc(-c2nc(-c3cccc4cnccc34)no2)cc1. The van der Waals surface area contributed by atoms with Crippen LogP contribution in [0.25, 0.3) is 33.6 Å². The normalized spacial score (nSPS) is 11.7. The van der Waals surface area contributed by atoms with Crippen molar-refractivity contribution in [3.63, 3.8) is 0 Å². The van der Waals surface area contributed by atoms with Crippen LogP contribution in [0.5, 0.6) is 5.75 Å². The number of nitrogens with zero attached hydrogens (tertiary/aromatic N) is 3. The van der Waals surface area contributed by atoms with Crippen LogP contribution in [-0.2, 0) is 0 Å². The maximum atomic E-state index is 5.84. The summed E-state index contributed by atoms with van der Waals surface area (Å²) in [6, 6.07) is 15.6. The fourth-order valence-electron chi connectivity index (χ4n) is 2.79. The maximum absolute atomic E-state index is 5.84. The van der Waals surface area contributed by atoms with E-state index in [9.17, 15) is 0 Å². The summed E-state index contributed by atoms with van der Waals surface area (Å²) in [5.74, 6) is 1.85. The van der Waals surface area contributed by atoms with Crippen molar-refractivity contribution >= 4 is 10.8 Å². The highest BCUT2D eigenvalue weighted by atomic mass is 16.5. The lowest BCUT2D eigenvalue weighted by molar-refractivity contribution is 0.131. The molecule has 0 saturated heterocycles. The average Bonchev–Trinajstić information content (AvgIpc) is 3.10. The van der Waals surface area contributed by atoms with Gasteiger partial charge in [-0.2, -0.15) is 4.98 Å². The van der Waals surface area contributed by atoms with E-state index >= 15 is 0 Å². The molecule has 0 saturated carbocycles. The topological polar surface area (TPSA) is 61.0 Å². The Morgan fingerprint density at radius 1 is 0.962 bits per heavy atom. The Labute approximate surface area is 151 Å². The number of rotatable bonds is 3. The highest BCUT2D eigenvalue weighted by molar-refractivity contribution is 5.94. The van der Waals surface area contributed by atoms with Crippen LogP contribution >= 0.6 is 0 Å². The lowest BCUT2D eigenvalue weighted by Crippen LogP contribution is -2.22. The van der Waals surface area contributed by atoms with Crippen molar-refractivity contribution in [1.29, 1.82) is 0 Å². The monoisotopic (exact) mass is 345 g/mol. The van der Waals surface area contributed by atoms with E-state index in [1.54, 1.807) is 6.20 Å². The van der Waals surface area contributed by atoms with Crippen LogP contribution in [0.4, 0.5) is 0 Å². The highest BCUT2D eigenvalue weighted by Gasteiger charge is 2.15. The first-order valence-corrected chi connectivity index (χ1v) is 8.46. The second-order valence-electron chi connectivity index (χ2n) is 7.06. The molecular weight excluding hydrogens is 326 g/mol. The molecule has 5 heteroatoms. The van der Waals surface area contributed by atoms with E-state index in [0.717, 1.165) is 27.6 Å². The second-order valence-corrected chi connectivity index (χ2v) is 7.06. The quantitative estimate of drug-likeness (QED) is 0.515. The zero-order chi connectivity index (χ0) is 18.1. The first-order chi connectivity index (χ1) is 12.5. The van der Waals surface area contributed by atoms with Gasteiger partial charge in [-0.1, -0.05) is 23.4 Å². The number of pyridine rings is 1. The minimum absolute atomic E-state index is 0.234. The van der Waals surface area contributed by atoms with E-state index in [1.807, 2.05) is 75.5 Å². The van der Waals surface area contributed by atoms with Crippen LogP contribution in [0.3, 0.4) is 0 Å². The minimum atomic E-state index is -0.234. The number of ether oxygens (including phenoxy) is 1. The molecule has 0 bridgehead atoms. The fourth-order valence-corrected chi connectivity index (χ4v) is 2.79. The smallest absolute Gasteiger partial charge is 0.258 e. The standard InChI is InChI=1S/C21H19N3O2/c1-21(2,3)25-16-9-7-14(8-10-16)20-23-19(24-26-20)18-6-4-5-15-13-22-12-11-17(15)18/h4-13H,1-3H3. The molecule has 0 amide bonds. The van der Waals surface area contributed by atoms with Crippen molar-refractivity contribution in [3.05, 3.63) is 60.9 Å². The van der Waals surface area contributed by atoms with Crippen LogP contribution in [0, 0.1) is 0 Å². The minimum Gasteiger partial charge on any atom is -0.488 e. The van der Waals surface area contributed by atoms with Gasteiger partial charge in [0.15, 0.2) is 0 Å². The van der Waals surface area contributed by atoms with Gasteiger partial charge in [-0.05, 0) is 56.5 Å². The third-order valence-corrected chi connectivity index (χ3v) is 3.87. The van der Waals surface area contributed by atoms with E-state index in [-0.39, 0.29) is 5.60 Å². The third kappa shape index (κ3) is 3.28. The van der Waals surface area contributed by atoms with E-state index in [2.05, 4.69) is 15.1 Å². The molecule has 2 heterocycles. The maximum Gasteiger partial charge on any atom is 0.258 e. The molecule has 5 nitrogen and oxygen atoms in total. The van der Waals surface area contributed by atoms with Crippen LogP contribution in [0.1, 0.15) is 20.8 Å². The molecular formula is C21H19N3O2. The van der Waals surface area contributed by atoms with Gasteiger partial charge in [0.25, 0.3) is 5.89 Å². The molecule has 26 heavy (non-hydrogen) atoms. The van der Waals surface area contributed by atoms with E-state index in [0.29, 0.717) is 11.7 Å². The van der Waals surface area contributed by atoms with Crippen molar-refractivity contribution in [2.45, 2.75) is 26.4 Å². The van der Waals surface area contributed by atoms with Gasteiger partial charge in [0, 0.05) is 28.9 Å². The molecule has 2 aromatic heterocycles. The average molecular weight is 345 g/mol. The van der Waals surface area contributed by atoms with Gasteiger partial charge in [-0.3, -0.25) is 4.98 Å². The molecule has 4 aromatic rings. The van der Waals surface area contributed by atoms with Crippen molar-refractivity contribution in [1.82, 2.24) is 15.1 Å². The Bertz CT molecular complexity index is 1040. The van der Waals surface area contributed by atoms with Crippen LogP contribution in [0.2, 0.25) is 0 Å². The molecule has 4 rings (SSSR count). The molecule has 130 valence electrons. The summed E-state index contributed by atoms with van der Waals surface area (Å²) in [4.78, 5) is 8.72. The van der Waals surface area contributed by atoms with E-state index in [4.69, 9.17) is 9.26 Å². The molecule has 0 radical (unpaired) electrons. The number of hydrogen-bond donors (Lipinski definition) is 0. The van der Waals surface area contributed by atoms with Crippen molar-refractivity contribution in [2.75, 3.05) is 0 Å². The predicted molar refractivity (Wildman–Crippen MR) is 101 cm³/mol. The molecule has 0 aliphatic rings. The summed E-state index contributed by atoms with van der Waals surface area (Å²) in [5, 5.41) is 6.24. The summed E-state index contributed by atoms with van der Waals surface area (Å²) in [7, 11) is 0. The number of fused-ring (bicyclic) bond motifs is 1. The summed E-state index contributed by atoms with van der Waals surface area (Å²) in [6.45, 7) is 6.06. The Morgan fingerprint density at radius 2 is 1.77 bits per heavy atom.